The molecule has 0 bridgehead atoms. The SMILES string of the molecule is CCOC(=O)[C@@H]([C@H](O)/C=C/c1ccccc1)N(C)C(=O)OC(C)(C)C. The van der Waals surface area contributed by atoms with Crippen molar-refractivity contribution in [2.75, 3.05) is 13.7 Å². The third-order valence-electron chi connectivity index (χ3n) is 3.24. The molecule has 6 nitrogen and oxygen atoms in total. The van der Waals surface area contributed by atoms with Crippen LogP contribution < -0.4 is 0 Å². The van der Waals surface area contributed by atoms with Gasteiger partial charge in [0.15, 0.2) is 6.04 Å². The van der Waals surface area contributed by atoms with E-state index in [9.17, 15) is 14.7 Å². The van der Waals surface area contributed by atoms with Crippen molar-refractivity contribution in [3.8, 4) is 0 Å². The summed E-state index contributed by atoms with van der Waals surface area (Å²) in [7, 11) is 1.40. The van der Waals surface area contributed by atoms with Crippen LogP contribution in [0.5, 0.6) is 0 Å². The second-order valence-corrected chi connectivity index (χ2v) is 6.55. The van der Waals surface area contributed by atoms with E-state index < -0.39 is 29.8 Å². The second-order valence-electron chi connectivity index (χ2n) is 6.55. The standard InChI is InChI=1S/C19H27NO5/c1-6-24-17(22)16(20(5)18(23)25-19(2,3)4)15(21)13-12-14-10-8-7-9-11-14/h7-13,15-16,21H,6H2,1-5H3/b13-12+/t15-,16-/m1/s1. The molecule has 0 aliphatic rings. The normalized spacial score (nSPS) is 14.0. The molecule has 0 fully saturated rings. The topological polar surface area (TPSA) is 76.1 Å². The number of esters is 1. The van der Waals surface area contributed by atoms with Crippen LogP contribution >= 0.6 is 0 Å². The number of likely N-dealkylation sites (N-methyl/N-ethyl adjacent to an activating group) is 1. The molecule has 0 spiro atoms. The summed E-state index contributed by atoms with van der Waals surface area (Å²) in [6.07, 6.45) is 1.19. The van der Waals surface area contributed by atoms with Crippen LogP contribution in [-0.4, -0.2) is 53.5 Å². The maximum absolute atomic E-state index is 12.2. The van der Waals surface area contributed by atoms with Gasteiger partial charge in [-0.1, -0.05) is 42.5 Å². The van der Waals surface area contributed by atoms with Crippen molar-refractivity contribution in [1.82, 2.24) is 4.90 Å². The van der Waals surface area contributed by atoms with Crippen molar-refractivity contribution in [2.24, 2.45) is 0 Å². The number of aliphatic hydroxyl groups is 1. The highest BCUT2D eigenvalue weighted by atomic mass is 16.6. The first-order valence-corrected chi connectivity index (χ1v) is 8.19. The van der Waals surface area contributed by atoms with Gasteiger partial charge in [0.05, 0.1) is 6.61 Å². The summed E-state index contributed by atoms with van der Waals surface area (Å²) in [5, 5.41) is 10.4. The van der Waals surface area contributed by atoms with Crippen LogP contribution in [0.1, 0.15) is 33.3 Å². The quantitative estimate of drug-likeness (QED) is 0.799. The highest BCUT2D eigenvalue weighted by molar-refractivity contribution is 5.82. The molecule has 6 heteroatoms. The first kappa shape index (κ1) is 20.7. The Kier molecular flexibility index (Phi) is 7.64. The maximum atomic E-state index is 12.2. The Balaban J connectivity index is 2.97. The van der Waals surface area contributed by atoms with Crippen molar-refractivity contribution in [2.45, 2.75) is 45.4 Å². The number of carbonyl (C=O) groups is 2. The zero-order valence-electron chi connectivity index (χ0n) is 15.4. The maximum Gasteiger partial charge on any atom is 0.410 e. The first-order valence-electron chi connectivity index (χ1n) is 8.19. The van der Waals surface area contributed by atoms with Gasteiger partial charge in [-0.2, -0.15) is 0 Å². The molecule has 1 rings (SSSR count). The van der Waals surface area contributed by atoms with E-state index in [4.69, 9.17) is 9.47 Å². The van der Waals surface area contributed by atoms with E-state index in [1.165, 1.54) is 13.1 Å². The summed E-state index contributed by atoms with van der Waals surface area (Å²) in [6, 6.07) is 8.13. The molecular weight excluding hydrogens is 322 g/mol. The van der Waals surface area contributed by atoms with Gasteiger partial charge in [0.25, 0.3) is 0 Å². The molecule has 0 saturated heterocycles. The van der Waals surface area contributed by atoms with Crippen LogP contribution in [0, 0.1) is 0 Å². The summed E-state index contributed by atoms with van der Waals surface area (Å²) >= 11 is 0. The number of ether oxygens (including phenoxy) is 2. The Morgan fingerprint density at radius 3 is 2.36 bits per heavy atom. The van der Waals surface area contributed by atoms with Crippen LogP contribution in [0.4, 0.5) is 4.79 Å². The molecule has 0 aliphatic heterocycles. The number of benzene rings is 1. The number of aliphatic hydroxyl groups excluding tert-OH is 1. The van der Waals surface area contributed by atoms with Gasteiger partial charge in [-0.3, -0.25) is 4.90 Å². The van der Waals surface area contributed by atoms with Crippen molar-refractivity contribution < 1.29 is 24.2 Å². The largest absolute Gasteiger partial charge is 0.464 e. The van der Waals surface area contributed by atoms with Crippen molar-refractivity contribution in [3.05, 3.63) is 42.0 Å². The monoisotopic (exact) mass is 349 g/mol. The molecule has 25 heavy (non-hydrogen) atoms. The van der Waals surface area contributed by atoms with Gasteiger partial charge in [0.2, 0.25) is 0 Å². The zero-order valence-corrected chi connectivity index (χ0v) is 15.4. The highest BCUT2D eigenvalue weighted by Gasteiger charge is 2.35. The fraction of sp³-hybridized carbons (Fsp3) is 0.474. The lowest BCUT2D eigenvalue weighted by atomic mass is 10.1. The van der Waals surface area contributed by atoms with Crippen LogP contribution in [-0.2, 0) is 14.3 Å². The summed E-state index contributed by atoms with van der Waals surface area (Å²) in [4.78, 5) is 25.5. The fourth-order valence-corrected chi connectivity index (χ4v) is 2.08. The van der Waals surface area contributed by atoms with Crippen LogP contribution in [0.15, 0.2) is 36.4 Å². The van der Waals surface area contributed by atoms with E-state index in [2.05, 4.69) is 0 Å². The van der Waals surface area contributed by atoms with E-state index in [1.54, 1.807) is 33.8 Å². The minimum absolute atomic E-state index is 0.145. The third kappa shape index (κ3) is 6.97. The Hall–Kier alpha value is -2.34. The molecule has 138 valence electrons. The molecule has 0 saturated carbocycles. The Labute approximate surface area is 149 Å². The van der Waals surface area contributed by atoms with Crippen LogP contribution in [0.3, 0.4) is 0 Å². The number of hydrogen-bond acceptors (Lipinski definition) is 5. The number of rotatable bonds is 6. The van der Waals surface area contributed by atoms with Crippen LogP contribution in [0.25, 0.3) is 6.08 Å². The molecule has 0 unspecified atom stereocenters. The minimum atomic E-state index is -1.24. The van der Waals surface area contributed by atoms with Gasteiger partial charge in [0, 0.05) is 7.05 Å². The van der Waals surface area contributed by atoms with Crippen molar-refractivity contribution >= 4 is 18.1 Å². The van der Waals surface area contributed by atoms with E-state index in [1.807, 2.05) is 30.3 Å². The Morgan fingerprint density at radius 1 is 1.24 bits per heavy atom. The number of amides is 1. The number of nitrogens with zero attached hydrogens (tertiary/aromatic N) is 1. The molecule has 0 aromatic heterocycles. The molecule has 1 amide bonds. The van der Waals surface area contributed by atoms with E-state index in [-0.39, 0.29) is 6.61 Å². The minimum Gasteiger partial charge on any atom is -0.464 e. The predicted octanol–water partition coefficient (Wildman–Crippen LogP) is 2.86. The van der Waals surface area contributed by atoms with Crippen molar-refractivity contribution in [1.29, 1.82) is 0 Å². The lowest BCUT2D eigenvalue weighted by molar-refractivity contribution is -0.152. The summed E-state index contributed by atoms with van der Waals surface area (Å²) in [6.45, 7) is 6.98. The van der Waals surface area contributed by atoms with Gasteiger partial charge >= 0.3 is 12.1 Å². The average Bonchev–Trinajstić information content (AvgIpc) is 2.52. The van der Waals surface area contributed by atoms with E-state index >= 15 is 0 Å². The average molecular weight is 349 g/mol. The van der Waals surface area contributed by atoms with E-state index in [0.29, 0.717) is 0 Å². The predicted molar refractivity (Wildman–Crippen MR) is 95.9 cm³/mol. The second kappa shape index (κ2) is 9.22. The van der Waals surface area contributed by atoms with Crippen molar-refractivity contribution in [3.63, 3.8) is 0 Å². The molecule has 1 N–H and O–H groups in total. The zero-order chi connectivity index (χ0) is 19.0. The summed E-state index contributed by atoms with van der Waals surface area (Å²) in [5.41, 5.74) is 0.152. The number of hydrogen-bond donors (Lipinski definition) is 1. The Morgan fingerprint density at radius 2 is 1.84 bits per heavy atom. The lowest BCUT2D eigenvalue weighted by Crippen LogP contribution is -2.51. The molecular formula is C19H27NO5. The summed E-state index contributed by atoms with van der Waals surface area (Å²) < 4.78 is 10.3. The first-order chi connectivity index (χ1) is 11.7. The van der Waals surface area contributed by atoms with Gasteiger partial charge < -0.3 is 14.6 Å². The van der Waals surface area contributed by atoms with Gasteiger partial charge in [-0.05, 0) is 33.3 Å². The fourth-order valence-electron chi connectivity index (χ4n) is 2.08. The van der Waals surface area contributed by atoms with Gasteiger partial charge in [-0.25, -0.2) is 9.59 Å². The molecule has 0 heterocycles. The third-order valence-corrected chi connectivity index (χ3v) is 3.24. The number of carbonyl (C=O) groups excluding carboxylic acids is 2. The molecule has 1 aromatic rings. The molecule has 0 aliphatic carbocycles. The smallest absolute Gasteiger partial charge is 0.410 e. The Bertz CT molecular complexity index is 592. The van der Waals surface area contributed by atoms with E-state index in [0.717, 1.165) is 10.5 Å². The highest BCUT2D eigenvalue weighted by Crippen LogP contribution is 2.15. The van der Waals surface area contributed by atoms with Gasteiger partial charge in [0.1, 0.15) is 11.7 Å². The molecule has 0 radical (unpaired) electrons. The van der Waals surface area contributed by atoms with Gasteiger partial charge in [-0.15, -0.1) is 0 Å². The molecule has 2 atom stereocenters. The summed E-state index contributed by atoms with van der Waals surface area (Å²) in [5.74, 6) is -0.693. The lowest BCUT2D eigenvalue weighted by Gasteiger charge is -2.31. The van der Waals surface area contributed by atoms with Crippen LogP contribution in [0.2, 0.25) is 0 Å². The molecule has 1 aromatic carbocycles.